The molecule has 1 saturated carbocycles. The molecule has 1 fully saturated rings. The van der Waals surface area contributed by atoms with Crippen molar-refractivity contribution in [2.75, 3.05) is 6.54 Å². The molecule has 1 aromatic carbocycles. The van der Waals surface area contributed by atoms with E-state index in [1.165, 1.54) is 31.7 Å². The van der Waals surface area contributed by atoms with Crippen LogP contribution in [0.5, 0.6) is 11.5 Å². The normalized spacial score (nSPS) is 25.2. The van der Waals surface area contributed by atoms with Crippen molar-refractivity contribution in [3.63, 3.8) is 0 Å². The Morgan fingerprint density at radius 1 is 1.26 bits per heavy atom. The third-order valence-corrected chi connectivity index (χ3v) is 4.45. The van der Waals surface area contributed by atoms with Crippen LogP contribution in [0.2, 0.25) is 0 Å². The molecule has 3 unspecified atom stereocenters. The molecule has 0 radical (unpaired) electrons. The third kappa shape index (κ3) is 3.63. The lowest BCUT2D eigenvalue weighted by Crippen LogP contribution is -2.31. The monoisotopic (exact) mass is 263 g/mol. The third-order valence-electron chi connectivity index (χ3n) is 4.45. The van der Waals surface area contributed by atoms with Gasteiger partial charge in [0.1, 0.15) is 11.5 Å². The molecule has 3 N–H and O–H groups in total. The van der Waals surface area contributed by atoms with Crippen LogP contribution in [0.1, 0.15) is 51.1 Å². The van der Waals surface area contributed by atoms with Gasteiger partial charge in [-0.2, -0.15) is 0 Å². The van der Waals surface area contributed by atoms with Crippen LogP contribution in [0.15, 0.2) is 18.2 Å². The van der Waals surface area contributed by atoms with Crippen LogP contribution in [-0.4, -0.2) is 16.8 Å². The van der Waals surface area contributed by atoms with Gasteiger partial charge in [-0.25, -0.2) is 0 Å². The van der Waals surface area contributed by atoms with E-state index in [-0.39, 0.29) is 17.5 Å². The number of nitrogens with one attached hydrogen (secondary N) is 1. The zero-order valence-corrected chi connectivity index (χ0v) is 11.9. The molecule has 19 heavy (non-hydrogen) atoms. The predicted octanol–water partition coefficient (Wildman–Crippen LogP) is 3.57. The second kappa shape index (κ2) is 6.29. The van der Waals surface area contributed by atoms with Crippen LogP contribution < -0.4 is 5.32 Å². The first-order valence-electron chi connectivity index (χ1n) is 7.33. The van der Waals surface area contributed by atoms with Crippen LogP contribution in [0.4, 0.5) is 0 Å². The average Bonchev–Trinajstić information content (AvgIpc) is 2.40. The largest absolute Gasteiger partial charge is 0.508 e. The molecule has 0 heterocycles. The van der Waals surface area contributed by atoms with E-state index in [0.29, 0.717) is 0 Å². The van der Waals surface area contributed by atoms with Crippen molar-refractivity contribution >= 4 is 0 Å². The lowest BCUT2D eigenvalue weighted by atomic mass is 9.80. The Bertz CT molecular complexity index is 419. The highest BCUT2D eigenvalue weighted by atomic mass is 16.3. The molecular formula is C16H25NO2. The van der Waals surface area contributed by atoms with E-state index in [1.54, 1.807) is 12.1 Å². The van der Waals surface area contributed by atoms with E-state index >= 15 is 0 Å². The fourth-order valence-corrected chi connectivity index (χ4v) is 3.02. The molecule has 1 aromatic rings. The van der Waals surface area contributed by atoms with Gasteiger partial charge in [0.05, 0.1) is 0 Å². The van der Waals surface area contributed by atoms with Gasteiger partial charge in [-0.05, 0) is 49.9 Å². The first-order chi connectivity index (χ1) is 9.08. The molecule has 1 aliphatic rings. The van der Waals surface area contributed by atoms with Crippen LogP contribution in [0.3, 0.4) is 0 Å². The van der Waals surface area contributed by atoms with E-state index in [1.807, 2.05) is 6.92 Å². The van der Waals surface area contributed by atoms with Crippen molar-refractivity contribution in [2.24, 2.45) is 11.8 Å². The van der Waals surface area contributed by atoms with Crippen molar-refractivity contribution < 1.29 is 10.2 Å². The van der Waals surface area contributed by atoms with Crippen molar-refractivity contribution in [1.29, 1.82) is 0 Å². The Morgan fingerprint density at radius 2 is 2.00 bits per heavy atom. The maximum atomic E-state index is 9.84. The van der Waals surface area contributed by atoms with Crippen LogP contribution >= 0.6 is 0 Å². The van der Waals surface area contributed by atoms with E-state index in [9.17, 15) is 10.2 Å². The van der Waals surface area contributed by atoms with Crippen LogP contribution in [-0.2, 0) is 0 Å². The summed E-state index contributed by atoms with van der Waals surface area (Å²) in [5.41, 5.74) is 0.767. The number of benzene rings is 1. The number of rotatable bonds is 4. The Kier molecular flexibility index (Phi) is 4.70. The highest BCUT2D eigenvalue weighted by molar-refractivity contribution is 5.40. The van der Waals surface area contributed by atoms with Crippen molar-refractivity contribution in [2.45, 2.75) is 45.6 Å². The maximum Gasteiger partial charge on any atom is 0.120 e. The van der Waals surface area contributed by atoms with Crippen molar-refractivity contribution in [1.82, 2.24) is 5.32 Å². The molecule has 0 amide bonds. The van der Waals surface area contributed by atoms with Gasteiger partial charge in [-0.3, -0.25) is 0 Å². The molecule has 3 atom stereocenters. The molecule has 0 bridgehead atoms. The minimum absolute atomic E-state index is 0.0567. The smallest absolute Gasteiger partial charge is 0.120 e. The average molecular weight is 263 g/mol. The molecule has 3 nitrogen and oxygen atoms in total. The van der Waals surface area contributed by atoms with E-state index < -0.39 is 0 Å². The highest BCUT2D eigenvalue weighted by Crippen LogP contribution is 2.31. The summed E-state index contributed by atoms with van der Waals surface area (Å²) in [4.78, 5) is 0. The molecule has 3 heteroatoms. The second-order valence-corrected chi connectivity index (χ2v) is 5.89. The summed E-state index contributed by atoms with van der Waals surface area (Å²) >= 11 is 0. The van der Waals surface area contributed by atoms with Gasteiger partial charge in [0.15, 0.2) is 0 Å². The van der Waals surface area contributed by atoms with Crippen molar-refractivity contribution in [3.05, 3.63) is 23.8 Å². The van der Waals surface area contributed by atoms with Gasteiger partial charge in [-0.1, -0.05) is 26.2 Å². The topological polar surface area (TPSA) is 52.5 Å². The lowest BCUT2D eigenvalue weighted by molar-refractivity contribution is 0.242. The predicted molar refractivity (Wildman–Crippen MR) is 77.3 cm³/mol. The summed E-state index contributed by atoms with van der Waals surface area (Å²) in [5, 5.41) is 22.8. The molecule has 0 saturated heterocycles. The van der Waals surface area contributed by atoms with Gasteiger partial charge in [0, 0.05) is 11.6 Å². The molecule has 0 aromatic heterocycles. The maximum absolute atomic E-state index is 9.84. The summed E-state index contributed by atoms with van der Waals surface area (Å²) in [5.74, 6) is 1.96. The second-order valence-electron chi connectivity index (χ2n) is 5.89. The SMILES string of the molecule is CC(NCC1CCCCC1C)c1cc(O)ccc1O. The number of hydrogen-bond acceptors (Lipinski definition) is 3. The summed E-state index contributed by atoms with van der Waals surface area (Å²) in [6.07, 6.45) is 5.33. The molecular weight excluding hydrogens is 238 g/mol. The first-order valence-corrected chi connectivity index (χ1v) is 7.33. The molecule has 106 valence electrons. The fourth-order valence-electron chi connectivity index (χ4n) is 3.02. The van der Waals surface area contributed by atoms with Gasteiger partial charge >= 0.3 is 0 Å². The molecule has 0 spiro atoms. The summed E-state index contributed by atoms with van der Waals surface area (Å²) < 4.78 is 0. The van der Waals surface area contributed by atoms with E-state index in [2.05, 4.69) is 12.2 Å². The molecule has 0 aliphatic heterocycles. The minimum Gasteiger partial charge on any atom is -0.508 e. The zero-order valence-electron chi connectivity index (χ0n) is 11.9. The van der Waals surface area contributed by atoms with Crippen molar-refractivity contribution in [3.8, 4) is 11.5 Å². The zero-order chi connectivity index (χ0) is 13.8. The van der Waals surface area contributed by atoms with E-state index in [0.717, 1.165) is 23.9 Å². The molecule has 2 rings (SSSR count). The standard InChI is InChI=1S/C16H25NO2/c1-11-5-3-4-6-13(11)10-17-12(2)15-9-14(18)7-8-16(15)19/h7-9,11-13,17-19H,3-6,10H2,1-2H3. The number of phenols is 2. The van der Waals surface area contributed by atoms with Gasteiger partial charge in [0.25, 0.3) is 0 Å². The number of aromatic hydroxyl groups is 2. The summed E-state index contributed by atoms with van der Waals surface area (Å²) in [6, 6.07) is 4.75. The minimum atomic E-state index is 0.0567. The van der Waals surface area contributed by atoms with Crippen LogP contribution in [0, 0.1) is 11.8 Å². The van der Waals surface area contributed by atoms with Crippen LogP contribution in [0.25, 0.3) is 0 Å². The number of phenolic OH excluding ortho intramolecular Hbond substituents is 2. The Hall–Kier alpha value is -1.22. The molecule has 1 aliphatic carbocycles. The number of hydrogen-bond donors (Lipinski definition) is 3. The lowest BCUT2D eigenvalue weighted by Gasteiger charge is -2.30. The van der Waals surface area contributed by atoms with E-state index in [4.69, 9.17) is 0 Å². The Balaban J connectivity index is 1.93. The Labute approximate surface area is 115 Å². The highest BCUT2D eigenvalue weighted by Gasteiger charge is 2.22. The van der Waals surface area contributed by atoms with Gasteiger partial charge in [0.2, 0.25) is 0 Å². The summed E-state index contributed by atoms with van der Waals surface area (Å²) in [7, 11) is 0. The Morgan fingerprint density at radius 3 is 2.74 bits per heavy atom. The van der Waals surface area contributed by atoms with Gasteiger partial charge < -0.3 is 15.5 Å². The quantitative estimate of drug-likeness (QED) is 0.728. The van der Waals surface area contributed by atoms with Gasteiger partial charge in [-0.15, -0.1) is 0 Å². The summed E-state index contributed by atoms with van der Waals surface area (Å²) in [6.45, 7) is 5.35. The fraction of sp³-hybridized carbons (Fsp3) is 0.625. The first kappa shape index (κ1) is 14.2.